The van der Waals surface area contributed by atoms with Gasteiger partial charge in [-0.15, -0.1) is 0 Å². The minimum Gasteiger partial charge on any atom is -0.335 e. The Morgan fingerprint density at radius 3 is 2.56 bits per heavy atom. The van der Waals surface area contributed by atoms with Crippen LogP contribution in [-0.2, 0) is 0 Å². The number of pyridine rings is 1. The molecule has 0 bridgehead atoms. The van der Waals surface area contributed by atoms with Crippen LogP contribution in [0.3, 0.4) is 0 Å². The third-order valence-electron chi connectivity index (χ3n) is 5.06. The summed E-state index contributed by atoms with van der Waals surface area (Å²) in [6.07, 6.45) is 6.29. The van der Waals surface area contributed by atoms with Gasteiger partial charge in [0.2, 0.25) is 0 Å². The van der Waals surface area contributed by atoms with Crippen molar-refractivity contribution in [3.05, 3.63) is 77.9 Å². The van der Waals surface area contributed by atoms with Gasteiger partial charge in [0.05, 0.1) is 5.52 Å². The summed E-state index contributed by atoms with van der Waals surface area (Å²) >= 11 is 0. The topological polar surface area (TPSA) is 40.9 Å². The SMILES string of the molecule is Cc1nc(C(=O)N2CCN(C/C=C/c3ccccc3)CC2)c2ccccn12. The molecule has 5 heteroatoms. The normalized spacial score (nSPS) is 15.7. The van der Waals surface area contributed by atoms with Crippen molar-refractivity contribution >= 4 is 17.5 Å². The number of rotatable bonds is 4. The Hall–Kier alpha value is -2.92. The van der Waals surface area contributed by atoms with E-state index >= 15 is 0 Å². The van der Waals surface area contributed by atoms with Crippen LogP contribution in [0.15, 0.2) is 60.8 Å². The second kappa shape index (κ2) is 7.76. The maximum atomic E-state index is 13.0. The summed E-state index contributed by atoms with van der Waals surface area (Å²) in [6, 6.07) is 16.2. The van der Waals surface area contributed by atoms with E-state index < -0.39 is 0 Å². The molecule has 5 nitrogen and oxygen atoms in total. The van der Waals surface area contributed by atoms with Crippen molar-refractivity contribution in [3.63, 3.8) is 0 Å². The van der Waals surface area contributed by atoms with Crippen LogP contribution in [-0.4, -0.2) is 57.8 Å². The van der Waals surface area contributed by atoms with Crippen molar-refractivity contribution in [1.82, 2.24) is 19.2 Å². The second-order valence-electron chi connectivity index (χ2n) is 6.87. The molecule has 1 aliphatic heterocycles. The van der Waals surface area contributed by atoms with Crippen LogP contribution in [0.5, 0.6) is 0 Å². The first kappa shape index (κ1) is 17.5. The number of piperazine rings is 1. The van der Waals surface area contributed by atoms with Crippen molar-refractivity contribution in [1.29, 1.82) is 0 Å². The molecule has 1 aliphatic rings. The predicted octanol–water partition coefficient (Wildman–Crippen LogP) is 3.11. The summed E-state index contributed by atoms with van der Waals surface area (Å²) in [6.45, 7) is 6.08. The van der Waals surface area contributed by atoms with Gasteiger partial charge in [0, 0.05) is 38.9 Å². The fourth-order valence-electron chi connectivity index (χ4n) is 3.53. The molecule has 3 aromatic rings. The Balaban J connectivity index is 1.36. The summed E-state index contributed by atoms with van der Waals surface area (Å²) in [5.74, 6) is 0.880. The molecule has 1 saturated heterocycles. The average Bonchev–Trinajstić information content (AvgIpc) is 3.06. The van der Waals surface area contributed by atoms with Gasteiger partial charge in [-0.25, -0.2) is 4.98 Å². The van der Waals surface area contributed by atoms with Gasteiger partial charge in [0.15, 0.2) is 5.69 Å². The number of benzene rings is 1. The van der Waals surface area contributed by atoms with Crippen molar-refractivity contribution in [2.24, 2.45) is 0 Å². The molecule has 1 aromatic carbocycles. The Morgan fingerprint density at radius 2 is 1.78 bits per heavy atom. The summed E-state index contributed by atoms with van der Waals surface area (Å²) in [4.78, 5) is 21.8. The van der Waals surface area contributed by atoms with Crippen LogP contribution >= 0.6 is 0 Å². The third-order valence-corrected chi connectivity index (χ3v) is 5.06. The van der Waals surface area contributed by atoms with E-state index in [0.29, 0.717) is 5.69 Å². The molecule has 0 saturated carbocycles. The standard InChI is InChI=1S/C22H24N4O/c1-18-23-21(20-11-5-6-13-26(18)20)22(27)25-16-14-24(15-17-25)12-7-10-19-8-3-2-4-9-19/h2-11,13H,12,14-17H2,1H3/b10-7+. The van der Waals surface area contributed by atoms with Gasteiger partial charge in [0.1, 0.15) is 5.82 Å². The molecule has 0 atom stereocenters. The van der Waals surface area contributed by atoms with Gasteiger partial charge in [0.25, 0.3) is 5.91 Å². The van der Waals surface area contributed by atoms with Gasteiger partial charge in [-0.2, -0.15) is 0 Å². The highest BCUT2D eigenvalue weighted by Gasteiger charge is 2.25. The van der Waals surface area contributed by atoms with E-state index in [-0.39, 0.29) is 5.91 Å². The Labute approximate surface area is 159 Å². The number of carbonyl (C=O) groups is 1. The maximum absolute atomic E-state index is 13.0. The van der Waals surface area contributed by atoms with Gasteiger partial charge in [-0.1, -0.05) is 48.6 Å². The Kier molecular flexibility index (Phi) is 5.03. The number of fused-ring (bicyclic) bond motifs is 1. The maximum Gasteiger partial charge on any atom is 0.274 e. The van der Waals surface area contributed by atoms with Crippen LogP contribution in [0, 0.1) is 6.92 Å². The molecule has 0 N–H and O–H groups in total. The molecular weight excluding hydrogens is 336 g/mol. The van der Waals surface area contributed by atoms with Crippen molar-refractivity contribution in [3.8, 4) is 0 Å². The van der Waals surface area contributed by atoms with Gasteiger partial charge < -0.3 is 9.30 Å². The zero-order chi connectivity index (χ0) is 18.6. The zero-order valence-electron chi connectivity index (χ0n) is 15.6. The molecule has 27 heavy (non-hydrogen) atoms. The number of hydrogen-bond acceptors (Lipinski definition) is 3. The molecule has 138 valence electrons. The van der Waals surface area contributed by atoms with E-state index in [4.69, 9.17) is 0 Å². The lowest BCUT2D eigenvalue weighted by molar-refractivity contribution is 0.0647. The number of amides is 1. The van der Waals surface area contributed by atoms with E-state index in [1.807, 2.05) is 58.8 Å². The first-order valence-corrected chi connectivity index (χ1v) is 9.39. The minimum absolute atomic E-state index is 0.0336. The van der Waals surface area contributed by atoms with E-state index in [1.165, 1.54) is 5.56 Å². The molecule has 3 heterocycles. The van der Waals surface area contributed by atoms with Crippen molar-refractivity contribution in [2.45, 2.75) is 6.92 Å². The fraction of sp³-hybridized carbons (Fsp3) is 0.273. The van der Waals surface area contributed by atoms with Gasteiger partial charge in [-0.05, 0) is 24.6 Å². The molecule has 0 radical (unpaired) electrons. The van der Waals surface area contributed by atoms with E-state index in [0.717, 1.165) is 44.1 Å². The van der Waals surface area contributed by atoms with Crippen LogP contribution in [0.4, 0.5) is 0 Å². The van der Waals surface area contributed by atoms with E-state index in [1.54, 1.807) is 0 Å². The molecule has 4 rings (SSSR count). The second-order valence-corrected chi connectivity index (χ2v) is 6.87. The van der Waals surface area contributed by atoms with Crippen LogP contribution in [0.2, 0.25) is 0 Å². The molecule has 0 spiro atoms. The summed E-state index contributed by atoms with van der Waals surface area (Å²) in [5, 5.41) is 0. The van der Waals surface area contributed by atoms with Crippen LogP contribution < -0.4 is 0 Å². The highest BCUT2D eigenvalue weighted by Crippen LogP contribution is 2.16. The van der Waals surface area contributed by atoms with Crippen molar-refractivity contribution in [2.75, 3.05) is 32.7 Å². The number of aromatic nitrogens is 2. The predicted molar refractivity (Wildman–Crippen MR) is 108 cm³/mol. The smallest absolute Gasteiger partial charge is 0.274 e. The highest BCUT2D eigenvalue weighted by molar-refractivity contribution is 5.99. The summed E-state index contributed by atoms with van der Waals surface area (Å²) in [5.41, 5.74) is 2.66. The molecule has 1 fully saturated rings. The van der Waals surface area contributed by atoms with Crippen LogP contribution in [0.25, 0.3) is 11.6 Å². The summed E-state index contributed by atoms with van der Waals surface area (Å²) < 4.78 is 1.97. The molecule has 0 unspecified atom stereocenters. The number of imidazole rings is 1. The first-order chi connectivity index (χ1) is 13.2. The Bertz CT molecular complexity index is 953. The molecule has 2 aromatic heterocycles. The Morgan fingerprint density at radius 1 is 1.04 bits per heavy atom. The molecule has 0 aliphatic carbocycles. The number of aryl methyl sites for hydroxylation is 1. The van der Waals surface area contributed by atoms with Crippen LogP contribution in [0.1, 0.15) is 21.9 Å². The van der Waals surface area contributed by atoms with E-state index in [9.17, 15) is 4.79 Å². The quantitative estimate of drug-likeness (QED) is 0.718. The number of nitrogens with zero attached hydrogens (tertiary/aromatic N) is 4. The van der Waals surface area contributed by atoms with Gasteiger partial charge in [-0.3, -0.25) is 9.69 Å². The lowest BCUT2D eigenvalue weighted by atomic mass is 10.2. The highest BCUT2D eigenvalue weighted by atomic mass is 16.2. The lowest BCUT2D eigenvalue weighted by Gasteiger charge is -2.33. The number of carbonyl (C=O) groups excluding carboxylic acids is 1. The molecule has 1 amide bonds. The molecular formula is C22H24N4O. The lowest BCUT2D eigenvalue weighted by Crippen LogP contribution is -2.48. The third kappa shape index (κ3) is 3.78. The summed E-state index contributed by atoms with van der Waals surface area (Å²) in [7, 11) is 0. The van der Waals surface area contributed by atoms with Crippen molar-refractivity contribution < 1.29 is 4.79 Å². The van der Waals surface area contributed by atoms with Gasteiger partial charge >= 0.3 is 0 Å². The number of hydrogen-bond donors (Lipinski definition) is 0. The zero-order valence-corrected chi connectivity index (χ0v) is 15.6. The largest absolute Gasteiger partial charge is 0.335 e. The monoisotopic (exact) mass is 360 g/mol. The minimum atomic E-state index is 0.0336. The first-order valence-electron chi connectivity index (χ1n) is 9.39. The average molecular weight is 360 g/mol. The van der Waals surface area contributed by atoms with E-state index in [2.05, 4.69) is 34.2 Å². The fourth-order valence-corrected chi connectivity index (χ4v) is 3.53.